The molecule has 1 aliphatic rings. The fourth-order valence-corrected chi connectivity index (χ4v) is 4.40. The minimum absolute atomic E-state index is 0.00394. The van der Waals surface area contributed by atoms with Crippen LogP contribution < -0.4 is 0 Å². The van der Waals surface area contributed by atoms with E-state index >= 15 is 0 Å². The quantitative estimate of drug-likeness (QED) is 0.227. The van der Waals surface area contributed by atoms with Gasteiger partial charge in [0.05, 0.1) is 0 Å². The van der Waals surface area contributed by atoms with Crippen LogP contribution >= 0.6 is 0 Å². The molecule has 1 aliphatic carbocycles. The number of unbranched alkanes of at least 4 members (excludes halogenated alkanes) is 12. The van der Waals surface area contributed by atoms with Crippen LogP contribution in [0.2, 0.25) is 0 Å². The van der Waals surface area contributed by atoms with Gasteiger partial charge in [-0.2, -0.15) is 0 Å². The summed E-state index contributed by atoms with van der Waals surface area (Å²) in [6, 6.07) is 0. The second kappa shape index (κ2) is 14.1. The van der Waals surface area contributed by atoms with E-state index in [1.165, 1.54) is 108 Å². The van der Waals surface area contributed by atoms with E-state index in [1.54, 1.807) is 7.05 Å². The number of nitrogens with zero attached hydrogens (tertiary/aromatic N) is 1. The monoisotopic (exact) mass is 338 g/mol. The van der Waals surface area contributed by atoms with Gasteiger partial charge in [0.15, 0.2) is 0 Å². The molecule has 0 amide bonds. The maximum Gasteiger partial charge on any atom is 0.00884 e. The maximum atomic E-state index is 12.0. The van der Waals surface area contributed by atoms with E-state index in [0.717, 1.165) is 19.3 Å². The lowest BCUT2D eigenvalue weighted by atomic mass is 9.78. The van der Waals surface area contributed by atoms with Gasteiger partial charge in [0.25, 0.3) is 0 Å². The van der Waals surface area contributed by atoms with Gasteiger partial charge in [-0.05, 0) is 26.3 Å². The Labute approximate surface area is 152 Å². The highest BCUT2D eigenvalue weighted by Gasteiger charge is 2.30. The van der Waals surface area contributed by atoms with Crippen molar-refractivity contribution in [3.8, 4) is 0 Å². The van der Waals surface area contributed by atoms with E-state index in [9.17, 15) is 5.21 Å². The van der Waals surface area contributed by atoms with Gasteiger partial charge in [-0.15, -0.1) is 0 Å². The molecule has 2 nitrogen and oxygen atoms in total. The topological polar surface area (TPSA) is 26.3 Å². The second-order valence-electron chi connectivity index (χ2n) is 8.28. The third-order valence-electron chi connectivity index (χ3n) is 6.20. The van der Waals surface area contributed by atoms with Gasteiger partial charge in [0.2, 0.25) is 0 Å². The van der Waals surface area contributed by atoms with Gasteiger partial charge >= 0.3 is 0 Å². The van der Waals surface area contributed by atoms with Gasteiger partial charge in [0, 0.05) is 5.54 Å². The lowest BCUT2D eigenvalue weighted by molar-refractivity contribution is 0.106. The number of hydroxylamine groups is 2. The van der Waals surface area contributed by atoms with Crippen LogP contribution in [-0.2, 0) is 0 Å². The fourth-order valence-electron chi connectivity index (χ4n) is 4.40. The van der Waals surface area contributed by atoms with Crippen molar-refractivity contribution in [2.45, 2.75) is 134 Å². The summed E-state index contributed by atoms with van der Waals surface area (Å²) in [5.74, 6) is 0. The number of rotatable bonds is 15. The van der Waals surface area contributed by atoms with Crippen molar-refractivity contribution in [3.63, 3.8) is 0 Å². The molecule has 1 fully saturated rings. The lowest BCUT2D eigenvalue weighted by Gasteiger charge is -2.49. The summed E-state index contributed by atoms with van der Waals surface area (Å²) in [5.41, 5.74) is -0.00394. The van der Waals surface area contributed by atoms with Crippen LogP contribution in [-0.4, -0.2) is 17.6 Å². The van der Waals surface area contributed by atoms with E-state index < -0.39 is 0 Å². The standard InChI is InChI=1S/C22H44NO/c1-3-4-5-6-7-8-9-10-11-12-13-14-16-19-22(23(2)24)20-17-15-18-21-22/h3-21H2,1-2H3/q-1. The van der Waals surface area contributed by atoms with Crippen molar-refractivity contribution < 1.29 is 0 Å². The molecule has 0 N–H and O–H groups in total. The van der Waals surface area contributed by atoms with Crippen LogP contribution in [0.1, 0.15) is 129 Å². The molecule has 0 radical (unpaired) electrons. The molecular formula is C22H44NO-. The van der Waals surface area contributed by atoms with E-state index in [4.69, 9.17) is 0 Å². The summed E-state index contributed by atoms with van der Waals surface area (Å²) in [4.78, 5) is 0. The number of hydrogen-bond acceptors (Lipinski definition) is 2. The first-order valence-electron chi connectivity index (χ1n) is 11.1. The van der Waals surface area contributed by atoms with Crippen molar-refractivity contribution in [1.82, 2.24) is 5.06 Å². The first-order valence-corrected chi connectivity index (χ1v) is 11.1. The molecule has 24 heavy (non-hydrogen) atoms. The van der Waals surface area contributed by atoms with Crippen LogP contribution in [0.25, 0.3) is 0 Å². The van der Waals surface area contributed by atoms with Crippen LogP contribution in [0.5, 0.6) is 0 Å². The molecule has 0 aliphatic heterocycles. The minimum Gasteiger partial charge on any atom is -0.785 e. The Morgan fingerprint density at radius 3 is 1.50 bits per heavy atom. The van der Waals surface area contributed by atoms with Crippen molar-refractivity contribution in [2.75, 3.05) is 7.05 Å². The van der Waals surface area contributed by atoms with E-state index in [-0.39, 0.29) is 5.54 Å². The summed E-state index contributed by atoms with van der Waals surface area (Å²) in [6.07, 6.45) is 25.4. The third kappa shape index (κ3) is 9.42. The molecule has 0 atom stereocenters. The van der Waals surface area contributed by atoms with Gasteiger partial charge in [0.1, 0.15) is 0 Å². The molecule has 0 heterocycles. The Bertz CT molecular complexity index is 271. The molecule has 0 aromatic rings. The second-order valence-corrected chi connectivity index (χ2v) is 8.28. The molecule has 0 bridgehead atoms. The molecule has 2 heteroatoms. The zero-order chi connectivity index (χ0) is 17.5. The Hall–Kier alpha value is -0.0800. The molecule has 0 aromatic carbocycles. The Kier molecular flexibility index (Phi) is 12.9. The largest absolute Gasteiger partial charge is 0.785 e. The summed E-state index contributed by atoms with van der Waals surface area (Å²) in [7, 11) is 1.76. The first kappa shape index (κ1) is 22.0. The van der Waals surface area contributed by atoms with E-state index in [2.05, 4.69) is 6.92 Å². The highest BCUT2D eigenvalue weighted by molar-refractivity contribution is 4.91. The zero-order valence-electron chi connectivity index (χ0n) is 16.8. The SMILES string of the molecule is CCCCCCCCCCCCCCCC1(N(C)[O-])CCCCC1. The average Bonchev–Trinajstić information content (AvgIpc) is 2.59. The highest BCUT2D eigenvalue weighted by Crippen LogP contribution is 2.36. The fraction of sp³-hybridized carbons (Fsp3) is 1.00. The van der Waals surface area contributed by atoms with Crippen molar-refractivity contribution in [2.24, 2.45) is 0 Å². The summed E-state index contributed by atoms with van der Waals surface area (Å²) in [6.45, 7) is 2.29. The van der Waals surface area contributed by atoms with Crippen LogP contribution in [0.4, 0.5) is 0 Å². The molecule has 0 unspecified atom stereocenters. The van der Waals surface area contributed by atoms with Crippen molar-refractivity contribution >= 4 is 0 Å². The summed E-state index contributed by atoms with van der Waals surface area (Å²) >= 11 is 0. The van der Waals surface area contributed by atoms with E-state index in [0.29, 0.717) is 0 Å². The Balaban J connectivity index is 1.89. The van der Waals surface area contributed by atoms with Gasteiger partial charge in [-0.3, -0.25) is 0 Å². The smallest absolute Gasteiger partial charge is 0.00884 e. The maximum absolute atomic E-state index is 12.0. The molecule has 1 saturated carbocycles. The molecule has 0 spiro atoms. The molecule has 0 aromatic heterocycles. The van der Waals surface area contributed by atoms with Gasteiger partial charge in [-0.1, -0.05) is 110 Å². The lowest BCUT2D eigenvalue weighted by Crippen LogP contribution is -2.44. The van der Waals surface area contributed by atoms with Crippen LogP contribution in [0, 0.1) is 5.21 Å². The highest BCUT2D eigenvalue weighted by atomic mass is 16.5. The zero-order valence-corrected chi connectivity index (χ0v) is 16.8. The average molecular weight is 339 g/mol. The summed E-state index contributed by atoms with van der Waals surface area (Å²) in [5, 5.41) is 13.3. The third-order valence-corrected chi connectivity index (χ3v) is 6.20. The normalized spacial score (nSPS) is 17.5. The van der Waals surface area contributed by atoms with Gasteiger partial charge in [-0.25, -0.2) is 0 Å². The Morgan fingerprint density at radius 1 is 0.667 bits per heavy atom. The first-order chi connectivity index (χ1) is 11.7. The predicted molar refractivity (Wildman–Crippen MR) is 107 cm³/mol. The van der Waals surface area contributed by atoms with Crippen LogP contribution in [0.3, 0.4) is 0 Å². The van der Waals surface area contributed by atoms with Crippen LogP contribution in [0.15, 0.2) is 0 Å². The van der Waals surface area contributed by atoms with Crippen molar-refractivity contribution in [1.29, 1.82) is 0 Å². The predicted octanol–water partition coefficient (Wildman–Crippen LogP) is 7.60. The van der Waals surface area contributed by atoms with Gasteiger partial charge < -0.3 is 10.3 Å². The molecule has 1 rings (SSSR count). The van der Waals surface area contributed by atoms with Crippen molar-refractivity contribution in [3.05, 3.63) is 5.21 Å². The molecule has 144 valence electrons. The minimum atomic E-state index is -0.00394. The van der Waals surface area contributed by atoms with E-state index in [1.807, 2.05) is 0 Å². The Morgan fingerprint density at radius 2 is 1.08 bits per heavy atom. The number of hydrogen-bond donors (Lipinski definition) is 0. The summed E-state index contributed by atoms with van der Waals surface area (Å²) < 4.78 is 0. The molecular weight excluding hydrogens is 294 g/mol. The molecule has 0 saturated heterocycles.